The third-order valence-electron chi connectivity index (χ3n) is 4.89. The van der Waals surface area contributed by atoms with E-state index in [-0.39, 0.29) is 5.82 Å². The van der Waals surface area contributed by atoms with E-state index < -0.39 is 0 Å². The summed E-state index contributed by atoms with van der Waals surface area (Å²) in [6, 6.07) is 18.5. The van der Waals surface area contributed by atoms with E-state index in [4.69, 9.17) is 10.1 Å². The topological polar surface area (TPSA) is 54.6 Å². The average Bonchev–Trinajstić information content (AvgIpc) is 3.40. The number of nitrogens with one attached hydrogen (secondary N) is 1. The molecule has 0 amide bonds. The molecule has 1 aliphatic heterocycles. The molecule has 2 aromatic heterocycles. The van der Waals surface area contributed by atoms with Crippen molar-refractivity contribution in [3.63, 3.8) is 0 Å². The van der Waals surface area contributed by atoms with Crippen LogP contribution in [0, 0.1) is 12.7 Å². The number of amidine groups is 1. The van der Waals surface area contributed by atoms with Gasteiger partial charge in [0.1, 0.15) is 11.7 Å². The van der Waals surface area contributed by atoms with Gasteiger partial charge in [-0.2, -0.15) is 0 Å². The van der Waals surface area contributed by atoms with Gasteiger partial charge in [-0.05, 0) is 36.2 Å². The number of halogens is 1. The maximum absolute atomic E-state index is 13.5. The summed E-state index contributed by atoms with van der Waals surface area (Å²) in [6.45, 7) is 3.51. The van der Waals surface area contributed by atoms with Crippen LogP contribution in [0.25, 0.3) is 28.2 Å². The van der Waals surface area contributed by atoms with Crippen molar-refractivity contribution in [1.29, 1.82) is 0 Å². The molecule has 0 atom stereocenters. The van der Waals surface area contributed by atoms with Crippen molar-refractivity contribution in [1.82, 2.24) is 19.9 Å². The van der Waals surface area contributed by atoms with E-state index in [1.165, 1.54) is 12.1 Å². The molecule has 138 valence electrons. The molecule has 1 N–H and O–H groups in total. The normalized spacial score (nSPS) is 13.6. The van der Waals surface area contributed by atoms with Crippen LogP contribution in [-0.2, 0) is 0 Å². The van der Waals surface area contributed by atoms with Gasteiger partial charge in [0, 0.05) is 17.8 Å². The fourth-order valence-electron chi connectivity index (χ4n) is 3.55. The van der Waals surface area contributed by atoms with Crippen LogP contribution < -0.4 is 5.32 Å². The molecule has 1 aliphatic rings. The number of nitrogens with zero attached hydrogens (tertiary/aromatic N) is 4. The molecule has 0 saturated carbocycles. The molecule has 5 rings (SSSR count). The van der Waals surface area contributed by atoms with Crippen LogP contribution in [0.15, 0.2) is 65.7 Å². The molecule has 0 spiro atoms. The lowest BCUT2D eigenvalue weighted by atomic mass is 9.99. The van der Waals surface area contributed by atoms with Gasteiger partial charge in [-0.15, -0.1) is 5.10 Å². The van der Waals surface area contributed by atoms with Gasteiger partial charge in [-0.3, -0.25) is 4.99 Å². The molecule has 28 heavy (non-hydrogen) atoms. The first-order chi connectivity index (χ1) is 13.7. The number of benzene rings is 2. The van der Waals surface area contributed by atoms with Crippen LogP contribution in [0.2, 0.25) is 0 Å². The molecule has 0 saturated heterocycles. The second-order valence-electron chi connectivity index (χ2n) is 6.78. The Morgan fingerprint density at radius 3 is 2.50 bits per heavy atom. The van der Waals surface area contributed by atoms with E-state index in [0.29, 0.717) is 5.82 Å². The van der Waals surface area contributed by atoms with E-state index in [9.17, 15) is 4.39 Å². The van der Waals surface area contributed by atoms with Crippen LogP contribution in [0.3, 0.4) is 0 Å². The highest BCUT2D eigenvalue weighted by atomic mass is 19.1. The van der Waals surface area contributed by atoms with Crippen molar-refractivity contribution in [2.45, 2.75) is 6.92 Å². The molecule has 2 aromatic carbocycles. The lowest BCUT2D eigenvalue weighted by Gasteiger charge is -2.13. The van der Waals surface area contributed by atoms with Gasteiger partial charge >= 0.3 is 0 Å². The summed E-state index contributed by atoms with van der Waals surface area (Å²) in [5.74, 6) is 1.21. The highest BCUT2D eigenvalue weighted by Gasteiger charge is 2.22. The molecular weight excluding hydrogens is 353 g/mol. The third-order valence-corrected chi connectivity index (χ3v) is 4.89. The molecule has 0 unspecified atom stereocenters. The van der Waals surface area contributed by atoms with Crippen molar-refractivity contribution in [3.05, 3.63) is 77.7 Å². The minimum atomic E-state index is -0.256. The first-order valence-electron chi connectivity index (χ1n) is 9.21. The van der Waals surface area contributed by atoms with Gasteiger partial charge in [-0.25, -0.2) is 13.9 Å². The Balaban J connectivity index is 1.80. The summed E-state index contributed by atoms with van der Waals surface area (Å²) >= 11 is 0. The summed E-state index contributed by atoms with van der Waals surface area (Å²) in [5.41, 5.74) is 5.43. The predicted molar refractivity (Wildman–Crippen MR) is 108 cm³/mol. The molecule has 0 radical (unpaired) electrons. The highest BCUT2D eigenvalue weighted by molar-refractivity contribution is 6.10. The number of pyridine rings is 1. The first-order valence-corrected chi connectivity index (χ1v) is 9.21. The largest absolute Gasteiger partial charge is 0.368 e. The molecule has 5 nitrogen and oxygen atoms in total. The van der Waals surface area contributed by atoms with E-state index >= 15 is 0 Å². The molecule has 3 heterocycles. The minimum absolute atomic E-state index is 0.256. The van der Waals surface area contributed by atoms with Crippen molar-refractivity contribution in [2.75, 3.05) is 13.1 Å². The minimum Gasteiger partial charge on any atom is -0.368 e. The van der Waals surface area contributed by atoms with Gasteiger partial charge in [0.25, 0.3) is 0 Å². The Labute approximate surface area is 161 Å². The van der Waals surface area contributed by atoms with Gasteiger partial charge in [-0.1, -0.05) is 42.5 Å². The number of aryl methyl sites for hydroxylation is 1. The van der Waals surface area contributed by atoms with Crippen LogP contribution in [0.1, 0.15) is 11.3 Å². The average molecular weight is 371 g/mol. The Morgan fingerprint density at radius 2 is 1.79 bits per heavy atom. The number of aliphatic imine (C=N–C) groups is 1. The quantitative estimate of drug-likeness (QED) is 0.595. The summed E-state index contributed by atoms with van der Waals surface area (Å²) in [7, 11) is 0. The number of hydrogen-bond acceptors (Lipinski definition) is 4. The second-order valence-corrected chi connectivity index (χ2v) is 6.78. The fraction of sp³-hybridized carbons (Fsp3) is 0.136. The van der Waals surface area contributed by atoms with E-state index in [1.54, 1.807) is 12.1 Å². The summed E-state index contributed by atoms with van der Waals surface area (Å²) < 4.78 is 15.3. The molecule has 0 aliphatic carbocycles. The standard InChI is InChI=1S/C22H18FN5/c1-14-13-18(15-7-9-17(23)10-8-15)19(21-24-11-12-25-21)22-26-20(27-28(14)22)16-5-3-2-4-6-16/h2-10,13H,11-12H2,1H3,(H,24,25). The highest BCUT2D eigenvalue weighted by Crippen LogP contribution is 2.30. The lowest BCUT2D eigenvalue weighted by Crippen LogP contribution is -2.21. The summed E-state index contributed by atoms with van der Waals surface area (Å²) in [5, 5.41) is 8.08. The van der Waals surface area contributed by atoms with Crippen molar-refractivity contribution in [2.24, 2.45) is 4.99 Å². The molecule has 6 heteroatoms. The van der Waals surface area contributed by atoms with Gasteiger partial charge in [0.2, 0.25) is 0 Å². The van der Waals surface area contributed by atoms with E-state index in [0.717, 1.165) is 52.5 Å². The first kappa shape index (κ1) is 16.6. The number of aromatic nitrogens is 3. The van der Waals surface area contributed by atoms with Crippen LogP contribution in [-0.4, -0.2) is 33.5 Å². The Kier molecular flexibility index (Phi) is 3.90. The number of fused-ring (bicyclic) bond motifs is 1. The molecular formula is C22H18FN5. The third kappa shape index (κ3) is 2.74. The Bertz CT molecular complexity index is 1190. The lowest BCUT2D eigenvalue weighted by molar-refractivity contribution is 0.628. The Morgan fingerprint density at radius 1 is 1.00 bits per heavy atom. The van der Waals surface area contributed by atoms with E-state index in [1.807, 2.05) is 41.8 Å². The van der Waals surface area contributed by atoms with E-state index in [2.05, 4.69) is 16.4 Å². The second kappa shape index (κ2) is 6.56. The monoisotopic (exact) mass is 371 g/mol. The fourth-order valence-corrected chi connectivity index (χ4v) is 3.55. The summed E-state index contributed by atoms with van der Waals surface area (Å²) in [6.07, 6.45) is 0. The maximum Gasteiger partial charge on any atom is 0.182 e. The zero-order chi connectivity index (χ0) is 19.1. The van der Waals surface area contributed by atoms with Crippen LogP contribution in [0.4, 0.5) is 4.39 Å². The van der Waals surface area contributed by atoms with Gasteiger partial charge < -0.3 is 5.32 Å². The summed E-state index contributed by atoms with van der Waals surface area (Å²) in [4.78, 5) is 9.47. The molecule has 0 fully saturated rings. The van der Waals surface area contributed by atoms with Crippen LogP contribution >= 0.6 is 0 Å². The zero-order valence-corrected chi connectivity index (χ0v) is 15.4. The molecule has 4 aromatic rings. The predicted octanol–water partition coefficient (Wildman–Crippen LogP) is 3.86. The van der Waals surface area contributed by atoms with Gasteiger partial charge in [0.05, 0.1) is 12.1 Å². The Hall–Kier alpha value is -3.54. The smallest absolute Gasteiger partial charge is 0.182 e. The number of hydrogen-bond donors (Lipinski definition) is 1. The zero-order valence-electron chi connectivity index (χ0n) is 15.4. The molecule has 0 bridgehead atoms. The number of rotatable bonds is 3. The van der Waals surface area contributed by atoms with Crippen molar-refractivity contribution in [3.8, 4) is 22.5 Å². The van der Waals surface area contributed by atoms with Gasteiger partial charge in [0.15, 0.2) is 11.5 Å². The van der Waals surface area contributed by atoms with Crippen molar-refractivity contribution < 1.29 is 4.39 Å². The van der Waals surface area contributed by atoms with Crippen LogP contribution in [0.5, 0.6) is 0 Å². The maximum atomic E-state index is 13.5. The van der Waals surface area contributed by atoms with Crippen molar-refractivity contribution >= 4 is 11.5 Å². The SMILES string of the molecule is Cc1cc(-c2ccc(F)cc2)c(C2=NCCN2)c2nc(-c3ccccc3)nn12.